The maximum absolute atomic E-state index is 13.3. The number of piperidine rings is 1. The fraction of sp³-hybridized carbons (Fsp3) is 0.526. The molecule has 32 heavy (non-hydrogen) atoms. The third-order valence-electron chi connectivity index (χ3n) is 6.17. The molecule has 4 heterocycles. The highest BCUT2D eigenvalue weighted by molar-refractivity contribution is 7.91. The zero-order chi connectivity index (χ0) is 23.1. The molecule has 13 heteroatoms. The van der Waals surface area contributed by atoms with Crippen LogP contribution in [0, 0.1) is 5.41 Å². The van der Waals surface area contributed by atoms with Crippen LogP contribution in [0.15, 0.2) is 31.3 Å². The average Bonchev–Trinajstić information content (AvgIpc) is 3.53. The van der Waals surface area contributed by atoms with E-state index in [2.05, 4.69) is 0 Å². The Hall–Kier alpha value is -1.51. The highest BCUT2D eigenvalue weighted by Gasteiger charge is 2.47. The first-order chi connectivity index (χ1) is 15.1. The number of carbonyl (C=O) groups is 1. The standard InChI is InChI=1S/C19H24N2O7S4/c1-27-16-14(17(22)28-2)12-30-18(16)32(25,26)21-10-7-19(13-21)5-8-20(9-6-19)31(23,24)15-4-3-11-29-15/h3-4,11-12H,5-10,13H2,1-2H3. The summed E-state index contributed by atoms with van der Waals surface area (Å²) in [6.07, 6.45) is 1.86. The molecule has 0 radical (unpaired) electrons. The smallest absolute Gasteiger partial charge is 0.342 e. The maximum Gasteiger partial charge on any atom is 0.342 e. The number of rotatable bonds is 6. The molecule has 2 saturated heterocycles. The van der Waals surface area contributed by atoms with Gasteiger partial charge in [-0.2, -0.15) is 8.61 Å². The number of carbonyl (C=O) groups excluding carboxylic acids is 1. The van der Waals surface area contributed by atoms with E-state index in [1.807, 2.05) is 0 Å². The third kappa shape index (κ3) is 3.99. The van der Waals surface area contributed by atoms with Crippen LogP contribution in [0.5, 0.6) is 5.75 Å². The van der Waals surface area contributed by atoms with Crippen LogP contribution in [0.3, 0.4) is 0 Å². The lowest BCUT2D eigenvalue weighted by atomic mass is 9.78. The zero-order valence-electron chi connectivity index (χ0n) is 17.6. The van der Waals surface area contributed by atoms with Gasteiger partial charge in [-0.3, -0.25) is 0 Å². The Kier molecular flexibility index (Phi) is 6.42. The van der Waals surface area contributed by atoms with Crippen molar-refractivity contribution < 1.29 is 31.1 Å². The Morgan fingerprint density at radius 1 is 1.00 bits per heavy atom. The lowest BCUT2D eigenvalue weighted by Gasteiger charge is -2.38. The number of methoxy groups -OCH3 is 2. The number of ether oxygens (including phenoxy) is 2. The van der Waals surface area contributed by atoms with Crippen LogP contribution in [0.1, 0.15) is 29.6 Å². The van der Waals surface area contributed by atoms with E-state index in [0.29, 0.717) is 49.7 Å². The van der Waals surface area contributed by atoms with E-state index < -0.39 is 26.0 Å². The van der Waals surface area contributed by atoms with Crippen LogP contribution in [0.2, 0.25) is 0 Å². The summed E-state index contributed by atoms with van der Waals surface area (Å²) in [5, 5.41) is 3.17. The monoisotopic (exact) mass is 520 g/mol. The first-order valence-electron chi connectivity index (χ1n) is 9.92. The Morgan fingerprint density at radius 2 is 1.66 bits per heavy atom. The molecule has 0 N–H and O–H groups in total. The van der Waals surface area contributed by atoms with Crippen LogP contribution < -0.4 is 4.74 Å². The van der Waals surface area contributed by atoms with Gasteiger partial charge >= 0.3 is 5.97 Å². The van der Waals surface area contributed by atoms with Crippen LogP contribution in [0.25, 0.3) is 0 Å². The highest BCUT2D eigenvalue weighted by atomic mass is 32.3. The van der Waals surface area contributed by atoms with Gasteiger partial charge < -0.3 is 9.47 Å². The van der Waals surface area contributed by atoms with E-state index >= 15 is 0 Å². The largest absolute Gasteiger partial charge is 0.494 e. The Labute approximate surface area is 195 Å². The van der Waals surface area contributed by atoms with E-state index in [1.165, 1.54) is 39.5 Å². The lowest BCUT2D eigenvalue weighted by molar-refractivity contribution is 0.0597. The van der Waals surface area contributed by atoms with Crippen molar-refractivity contribution >= 4 is 48.7 Å². The molecular weight excluding hydrogens is 496 g/mol. The van der Waals surface area contributed by atoms with E-state index in [1.54, 1.807) is 17.5 Å². The van der Waals surface area contributed by atoms with Gasteiger partial charge in [0.05, 0.1) is 14.2 Å². The molecule has 2 aromatic heterocycles. The predicted molar refractivity (Wildman–Crippen MR) is 120 cm³/mol. The van der Waals surface area contributed by atoms with Crippen molar-refractivity contribution in [1.29, 1.82) is 0 Å². The van der Waals surface area contributed by atoms with E-state index in [9.17, 15) is 21.6 Å². The van der Waals surface area contributed by atoms with E-state index in [0.717, 1.165) is 11.3 Å². The van der Waals surface area contributed by atoms with Gasteiger partial charge in [-0.25, -0.2) is 21.6 Å². The van der Waals surface area contributed by atoms with Crippen molar-refractivity contribution in [2.24, 2.45) is 5.41 Å². The second kappa shape index (κ2) is 8.69. The SMILES string of the molecule is COC(=O)c1csc(S(=O)(=O)N2CCC3(CCN(S(=O)(=O)c4cccs4)CC3)C2)c1OC. The van der Waals surface area contributed by atoms with Gasteiger partial charge in [0.1, 0.15) is 9.77 Å². The lowest BCUT2D eigenvalue weighted by Crippen LogP contribution is -2.44. The molecule has 2 aromatic rings. The molecule has 0 saturated carbocycles. The number of hydrogen-bond acceptors (Lipinski definition) is 9. The minimum Gasteiger partial charge on any atom is -0.494 e. The van der Waals surface area contributed by atoms with Crippen molar-refractivity contribution in [3.8, 4) is 5.75 Å². The molecule has 0 unspecified atom stereocenters. The molecule has 2 aliphatic rings. The van der Waals surface area contributed by atoms with Gasteiger partial charge in [-0.1, -0.05) is 6.07 Å². The molecular formula is C19H24N2O7S4. The van der Waals surface area contributed by atoms with Crippen LogP contribution in [-0.4, -0.2) is 71.8 Å². The van der Waals surface area contributed by atoms with Crippen molar-refractivity contribution in [2.45, 2.75) is 27.7 Å². The fourth-order valence-corrected chi connectivity index (χ4v) is 10.0. The summed E-state index contributed by atoms with van der Waals surface area (Å²) in [4.78, 5) is 11.9. The van der Waals surface area contributed by atoms with Crippen LogP contribution in [0.4, 0.5) is 0 Å². The van der Waals surface area contributed by atoms with Gasteiger partial charge in [0.25, 0.3) is 20.0 Å². The average molecular weight is 521 g/mol. The quantitative estimate of drug-likeness (QED) is 0.538. The van der Waals surface area contributed by atoms with Crippen LogP contribution in [-0.2, 0) is 24.8 Å². The molecule has 9 nitrogen and oxygen atoms in total. The Bertz CT molecular complexity index is 1190. The summed E-state index contributed by atoms with van der Waals surface area (Å²) < 4.78 is 65.4. The van der Waals surface area contributed by atoms with Gasteiger partial charge in [0.15, 0.2) is 9.96 Å². The number of sulfonamides is 2. The summed E-state index contributed by atoms with van der Waals surface area (Å²) >= 11 is 2.13. The normalized spacial score (nSPS) is 19.9. The minimum atomic E-state index is -3.87. The summed E-state index contributed by atoms with van der Waals surface area (Å²) in [6, 6.07) is 3.32. The molecule has 0 atom stereocenters. The molecule has 1 spiro atoms. The molecule has 2 fully saturated rings. The summed E-state index contributed by atoms with van der Waals surface area (Å²) in [5.74, 6) is -0.656. The van der Waals surface area contributed by atoms with Gasteiger partial charge in [-0.05, 0) is 36.1 Å². The number of hydrogen-bond donors (Lipinski definition) is 0. The van der Waals surface area contributed by atoms with Gasteiger partial charge in [0, 0.05) is 31.6 Å². The first kappa shape index (κ1) is 23.6. The maximum atomic E-state index is 13.3. The van der Waals surface area contributed by atoms with E-state index in [4.69, 9.17) is 9.47 Å². The van der Waals surface area contributed by atoms with Crippen molar-refractivity contribution in [3.63, 3.8) is 0 Å². The second-order valence-electron chi connectivity index (χ2n) is 7.89. The minimum absolute atomic E-state index is 0.000314. The molecule has 176 valence electrons. The fourth-order valence-electron chi connectivity index (χ4n) is 4.31. The molecule has 0 bridgehead atoms. The van der Waals surface area contributed by atoms with E-state index in [-0.39, 0.29) is 20.9 Å². The third-order valence-corrected chi connectivity index (χ3v) is 12.8. The van der Waals surface area contributed by atoms with Crippen molar-refractivity contribution in [1.82, 2.24) is 8.61 Å². The number of thiophene rings is 2. The first-order valence-corrected chi connectivity index (χ1v) is 14.6. The highest BCUT2D eigenvalue weighted by Crippen LogP contribution is 2.45. The van der Waals surface area contributed by atoms with Gasteiger partial charge in [0.2, 0.25) is 0 Å². The van der Waals surface area contributed by atoms with Crippen molar-refractivity contribution in [2.75, 3.05) is 40.4 Å². The van der Waals surface area contributed by atoms with Crippen LogP contribution >= 0.6 is 22.7 Å². The molecule has 0 aliphatic carbocycles. The topological polar surface area (TPSA) is 110 Å². The zero-order valence-corrected chi connectivity index (χ0v) is 20.9. The number of esters is 1. The second-order valence-corrected chi connectivity index (χ2v) is 14.0. The predicted octanol–water partition coefficient (Wildman–Crippen LogP) is 2.47. The number of nitrogens with zero attached hydrogens (tertiary/aromatic N) is 2. The summed E-state index contributed by atoms with van der Waals surface area (Å²) in [5.41, 5.74) is -0.177. The molecule has 4 rings (SSSR count). The Balaban J connectivity index is 1.49. The summed E-state index contributed by atoms with van der Waals surface area (Å²) in [7, 11) is -4.82. The summed E-state index contributed by atoms with van der Waals surface area (Å²) in [6.45, 7) is 1.39. The molecule has 2 aliphatic heterocycles. The molecule has 0 aromatic carbocycles. The molecule has 0 amide bonds. The Morgan fingerprint density at radius 3 is 2.22 bits per heavy atom. The van der Waals surface area contributed by atoms with Crippen molar-refractivity contribution in [3.05, 3.63) is 28.5 Å². The van der Waals surface area contributed by atoms with Gasteiger partial charge in [-0.15, -0.1) is 22.7 Å².